The van der Waals surface area contributed by atoms with Gasteiger partial charge in [0.25, 0.3) is 0 Å². The quantitative estimate of drug-likeness (QED) is 0.875. The molecule has 4 heteroatoms. The van der Waals surface area contributed by atoms with Crippen molar-refractivity contribution in [3.8, 4) is 0 Å². The van der Waals surface area contributed by atoms with Crippen LogP contribution in [0.3, 0.4) is 0 Å². The summed E-state index contributed by atoms with van der Waals surface area (Å²) in [5.74, 6) is -2.21. The zero-order valence-electron chi connectivity index (χ0n) is 12.7. The number of rotatable bonds is 4. The predicted molar refractivity (Wildman–Crippen MR) is 88.6 cm³/mol. The molecule has 2 aromatic rings. The fourth-order valence-corrected chi connectivity index (χ4v) is 3.49. The predicted octanol–water partition coefficient (Wildman–Crippen LogP) is 4.77. The average Bonchev–Trinajstić information content (AvgIpc) is 2.54. The monoisotopic (exact) mass is 332 g/mol. The second-order valence-electron chi connectivity index (χ2n) is 6.03. The Bertz CT molecular complexity index is 722. The maximum Gasteiger partial charge on any atom is 0.311 e. The van der Waals surface area contributed by atoms with Gasteiger partial charge in [-0.3, -0.25) is 4.79 Å². The number of aryl methyl sites for hydroxylation is 2. The Kier molecular flexibility index (Phi) is 4.67. The summed E-state index contributed by atoms with van der Waals surface area (Å²) in [7, 11) is 0. The van der Waals surface area contributed by atoms with Crippen molar-refractivity contribution in [2.24, 2.45) is 0 Å². The van der Waals surface area contributed by atoms with E-state index in [0.717, 1.165) is 24.8 Å². The minimum absolute atomic E-state index is 0.0552. The molecule has 1 aliphatic carbocycles. The van der Waals surface area contributed by atoms with E-state index < -0.39 is 17.7 Å². The lowest BCUT2D eigenvalue weighted by molar-refractivity contribution is -0.138. The molecule has 23 heavy (non-hydrogen) atoms. The zero-order valence-corrected chi connectivity index (χ0v) is 13.4. The molecule has 0 fully saturated rings. The van der Waals surface area contributed by atoms with E-state index >= 15 is 0 Å². The first-order valence-corrected chi connectivity index (χ1v) is 8.21. The van der Waals surface area contributed by atoms with Crippen LogP contribution in [0.15, 0.2) is 36.4 Å². The molecule has 0 spiro atoms. The molecular weight excluding hydrogens is 315 g/mol. The first-order valence-electron chi connectivity index (χ1n) is 7.83. The molecule has 0 saturated heterocycles. The number of fused-ring (bicyclic) bond motifs is 1. The first kappa shape index (κ1) is 16.0. The number of carboxylic acids is 1. The molecule has 0 aliphatic heterocycles. The molecule has 2 aromatic carbocycles. The fraction of sp³-hybridized carbons (Fsp3) is 0.316. The molecule has 0 heterocycles. The minimum atomic E-state index is -0.958. The standard InChI is InChI=1S/C19H18ClFO2/c20-17-6-3-7-18(21)16(17)11-15(19(22)23)14-9-8-12-4-1-2-5-13(12)10-14/h3,6-10,15H,1-2,4-5,11H2,(H,22,23). The molecular formula is C19H18ClFO2. The molecule has 3 rings (SSSR count). The van der Waals surface area contributed by atoms with Crippen LogP contribution in [-0.4, -0.2) is 11.1 Å². The van der Waals surface area contributed by atoms with Crippen LogP contribution < -0.4 is 0 Å². The van der Waals surface area contributed by atoms with Gasteiger partial charge in [0, 0.05) is 10.6 Å². The van der Waals surface area contributed by atoms with Gasteiger partial charge in [-0.05, 0) is 60.9 Å². The minimum Gasteiger partial charge on any atom is -0.481 e. The number of carboxylic acid groups (broad SMARTS) is 1. The number of hydrogen-bond acceptors (Lipinski definition) is 1. The van der Waals surface area contributed by atoms with Crippen LogP contribution in [0, 0.1) is 5.82 Å². The van der Waals surface area contributed by atoms with Crippen molar-refractivity contribution in [2.45, 2.75) is 38.0 Å². The van der Waals surface area contributed by atoms with E-state index in [2.05, 4.69) is 0 Å². The normalized spacial score (nSPS) is 15.0. The molecule has 1 atom stereocenters. The van der Waals surface area contributed by atoms with Gasteiger partial charge < -0.3 is 5.11 Å². The number of aliphatic carboxylic acids is 1. The smallest absolute Gasteiger partial charge is 0.311 e. The summed E-state index contributed by atoms with van der Waals surface area (Å²) in [4.78, 5) is 11.7. The van der Waals surface area contributed by atoms with E-state index in [9.17, 15) is 14.3 Å². The molecule has 0 amide bonds. The van der Waals surface area contributed by atoms with Gasteiger partial charge in [-0.15, -0.1) is 0 Å². The summed E-state index contributed by atoms with van der Waals surface area (Å²) >= 11 is 6.05. The summed E-state index contributed by atoms with van der Waals surface area (Å²) in [6.07, 6.45) is 4.40. The number of halogens is 2. The van der Waals surface area contributed by atoms with Crippen LogP contribution in [0.1, 0.15) is 41.0 Å². The van der Waals surface area contributed by atoms with Gasteiger partial charge in [-0.1, -0.05) is 35.9 Å². The Balaban J connectivity index is 1.95. The van der Waals surface area contributed by atoms with Gasteiger partial charge in [0.15, 0.2) is 0 Å². The summed E-state index contributed by atoms with van der Waals surface area (Å²) in [6, 6.07) is 10.3. The van der Waals surface area contributed by atoms with E-state index in [0.29, 0.717) is 0 Å². The van der Waals surface area contributed by atoms with Crippen LogP contribution in [0.4, 0.5) is 4.39 Å². The summed E-state index contributed by atoms with van der Waals surface area (Å²) in [5, 5.41) is 9.88. The van der Waals surface area contributed by atoms with E-state index in [1.807, 2.05) is 18.2 Å². The summed E-state index contributed by atoms with van der Waals surface area (Å²) in [5.41, 5.74) is 3.50. The van der Waals surface area contributed by atoms with Crippen molar-refractivity contribution in [3.63, 3.8) is 0 Å². The number of benzene rings is 2. The maximum atomic E-state index is 14.0. The van der Waals surface area contributed by atoms with Gasteiger partial charge in [0.2, 0.25) is 0 Å². The topological polar surface area (TPSA) is 37.3 Å². The zero-order chi connectivity index (χ0) is 16.4. The van der Waals surface area contributed by atoms with Gasteiger partial charge in [-0.2, -0.15) is 0 Å². The van der Waals surface area contributed by atoms with E-state index in [4.69, 9.17) is 11.6 Å². The van der Waals surface area contributed by atoms with Crippen molar-refractivity contribution in [1.29, 1.82) is 0 Å². The number of carbonyl (C=O) groups is 1. The molecule has 1 N–H and O–H groups in total. The average molecular weight is 333 g/mol. The Morgan fingerprint density at radius 1 is 1.17 bits per heavy atom. The van der Waals surface area contributed by atoms with Crippen LogP contribution >= 0.6 is 11.6 Å². The van der Waals surface area contributed by atoms with Crippen molar-refractivity contribution in [3.05, 3.63) is 69.5 Å². The van der Waals surface area contributed by atoms with Crippen LogP contribution in [0.25, 0.3) is 0 Å². The first-order chi connectivity index (χ1) is 11.1. The fourth-order valence-electron chi connectivity index (χ4n) is 3.25. The third kappa shape index (κ3) is 3.40. The third-order valence-corrected chi connectivity index (χ3v) is 4.90. The highest BCUT2D eigenvalue weighted by atomic mass is 35.5. The lowest BCUT2D eigenvalue weighted by Gasteiger charge is -2.20. The molecule has 0 bridgehead atoms. The lowest BCUT2D eigenvalue weighted by atomic mass is 9.85. The van der Waals surface area contributed by atoms with Crippen molar-refractivity contribution in [2.75, 3.05) is 0 Å². The third-order valence-electron chi connectivity index (χ3n) is 4.54. The van der Waals surface area contributed by atoms with Gasteiger partial charge in [-0.25, -0.2) is 4.39 Å². The largest absolute Gasteiger partial charge is 0.481 e. The van der Waals surface area contributed by atoms with Gasteiger partial charge >= 0.3 is 5.97 Å². The molecule has 2 nitrogen and oxygen atoms in total. The highest BCUT2D eigenvalue weighted by molar-refractivity contribution is 6.31. The Labute approximate surface area is 139 Å². The molecule has 0 radical (unpaired) electrons. The van der Waals surface area contributed by atoms with Crippen molar-refractivity contribution < 1.29 is 14.3 Å². The van der Waals surface area contributed by atoms with E-state index in [1.54, 1.807) is 6.07 Å². The maximum absolute atomic E-state index is 14.0. The van der Waals surface area contributed by atoms with Crippen LogP contribution in [0.2, 0.25) is 5.02 Å². The van der Waals surface area contributed by atoms with E-state index in [1.165, 1.54) is 29.7 Å². The molecule has 1 unspecified atom stereocenters. The Morgan fingerprint density at radius 2 is 1.91 bits per heavy atom. The molecule has 0 aromatic heterocycles. The molecule has 0 saturated carbocycles. The SMILES string of the molecule is O=C(O)C(Cc1c(F)cccc1Cl)c1ccc2c(c1)CCCC2. The van der Waals surface area contributed by atoms with Gasteiger partial charge in [0.05, 0.1) is 5.92 Å². The summed E-state index contributed by atoms with van der Waals surface area (Å²) < 4.78 is 14.0. The second kappa shape index (κ2) is 6.71. The van der Waals surface area contributed by atoms with Crippen molar-refractivity contribution >= 4 is 17.6 Å². The molecule has 1 aliphatic rings. The highest BCUT2D eigenvalue weighted by Gasteiger charge is 2.24. The van der Waals surface area contributed by atoms with Crippen LogP contribution in [0.5, 0.6) is 0 Å². The Hall–Kier alpha value is -1.87. The molecule has 120 valence electrons. The van der Waals surface area contributed by atoms with Crippen LogP contribution in [-0.2, 0) is 24.1 Å². The van der Waals surface area contributed by atoms with E-state index in [-0.39, 0.29) is 17.0 Å². The Morgan fingerprint density at radius 3 is 2.61 bits per heavy atom. The van der Waals surface area contributed by atoms with Crippen molar-refractivity contribution in [1.82, 2.24) is 0 Å². The lowest BCUT2D eigenvalue weighted by Crippen LogP contribution is -2.16. The number of hydrogen-bond donors (Lipinski definition) is 1. The summed E-state index contributed by atoms with van der Waals surface area (Å²) in [6.45, 7) is 0. The second-order valence-corrected chi connectivity index (χ2v) is 6.44. The highest BCUT2D eigenvalue weighted by Crippen LogP contribution is 2.30. The van der Waals surface area contributed by atoms with Gasteiger partial charge in [0.1, 0.15) is 5.82 Å².